The van der Waals surface area contributed by atoms with Crippen LogP contribution in [0.4, 0.5) is 5.95 Å². The van der Waals surface area contributed by atoms with Gasteiger partial charge in [0.05, 0.1) is 11.7 Å². The van der Waals surface area contributed by atoms with Crippen molar-refractivity contribution in [1.29, 1.82) is 0 Å². The predicted octanol–water partition coefficient (Wildman–Crippen LogP) is 1.92. The van der Waals surface area contributed by atoms with E-state index in [2.05, 4.69) is 40.2 Å². The zero-order valence-electron chi connectivity index (χ0n) is 11.3. The molecule has 2 rings (SSSR count). The summed E-state index contributed by atoms with van der Waals surface area (Å²) < 4.78 is 2.09. The molecule has 0 saturated heterocycles. The molecule has 1 atom stereocenters. The Labute approximate surface area is 108 Å². The molecule has 18 heavy (non-hydrogen) atoms. The predicted molar refractivity (Wildman–Crippen MR) is 74.4 cm³/mol. The lowest BCUT2D eigenvalue weighted by molar-refractivity contribution is 0.264. The quantitative estimate of drug-likeness (QED) is 0.877. The number of nitrogens with zero attached hydrogens (tertiary/aromatic N) is 4. The topological polar surface area (TPSA) is 60.0 Å². The van der Waals surface area contributed by atoms with Crippen molar-refractivity contribution in [2.75, 3.05) is 25.4 Å². The van der Waals surface area contributed by atoms with Crippen molar-refractivity contribution in [3.8, 4) is 0 Å². The van der Waals surface area contributed by atoms with Crippen LogP contribution in [-0.4, -0.2) is 39.1 Å². The van der Waals surface area contributed by atoms with Gasteiger partial charge >= 0.3 is 0 Å². The molecule has 2 aromatic rings. The van der Waals surface area contributed by atoms with E-state index in [1.54, 1.807) is 12.4 Å². The highest BCUT2D eigenvalue weighted by molar-refractivity contribution is 5.77. The minimum Gasteiger partial charge on any atom is -0.369 e. The molecule has 0 spiro atoms. The molecule has 0 amide bonds. The number of pyridine rings is 1. The average Bonchev–Trinajstić information content (AvgIpc) is 2.71. The average molecular weight is 247 g/mol. The summed E-state index contributed by atoms with van der Waals surface area (Å²) in [5.74, 6) is 0.567. The Balaban J connectivity index is 2.32. The Morgan fingerprint density at radius 1 is 1.39 bits per heavy atom. The summed E-state index contributed by atoms with van der Waals surface area (Å²) in [4.78, 5) is 10.8. The first-order valence-corrected chi connectivity index (χ1v) is 6.47. The summed E-state index contributed by atoms with van der Waals surface area (Å²) in [5, 5.41) is 0. The van der Waals surface area contributed by atoms with Crippen LogP contribution in [0.15, 0.2) is 18.5 Å². The van der Waals surface area contributed by atoms with Gasteiger partial charge < -0.3 is 15.2 Å². The van der Waals surface area contributed by atoms with Crippen LogP contribution in [0, 0.1) is 0 Å². The molecule has 0 fully saturated rings. The Kier molecular flexibility index (Phi) is 3.81. The number of rotatable bonds is 5. The summed E-state index contributed by atoms with van der Waals surface area (Å²) in [5.41, 5.74) is 7.94. The van der Waals surface area contributed by atoms with Gasteiger partial charge in [-0.25, -0.2) is 4.98 Å². The third kappa shape index (κ3) is 2.31. The second kappa shape index (κ2) is 5.35. The number of hydrogen-bond donors (Lipinski definition) is 1. The first-order valence-electron chi connectivity index (χ1n) is 6.47. The molecule has 2 aromatic heterocycles. The van der Waals surface area contributed by atoms with Gasteiger partial charge in [-0.2, -0.15) is 0 Å². The van der Waals surface area contributed by atoms with Gasteiger partial charge in [0.15, 0.2) is 0 Å². The minimum atomic E-state index is 0.303. The van der Waals surface area contributed by atoms with E-state index < -0.39 is 0 Å². The van der Waals surface area contributed by atoms with Gasteiger partial charge in [-0.1, -0.05) is 13.8 Å². The maximum atomic E-state index is 6.02. The number of hydrogen-bond acceptors (Lipinski definition) is 4. The van der Waals surface area contributed by atoms with E-state index in [-0.39, 0.29) is 0 Å². The van der Waals surface area contributed by atoms with E-state index in [0.29, 0.717) is 12.0 Å². The van der Waals surface area contributed by atoms with Crippen molar-refractivity contribution in [2.45, 2.75) is 26.8 Å². The van der Waals surface area contributed by atoms with E-state index in [0.717, 1.165) is 30.7 Å². The first kappa shape index (κ1) is 12.8. The maximum Gasteiger partial charge on any atom is 0.201 e. The van der Waals surface area contributed by atoms with Crippen molar-refractivity contribution >= 4 is 17.0 Å². The number of likely N-dealkylation sites (N-methyl/N-ethyl adjacent to an activating group) is 1. The number of anilines is 1. The van der Waals surface area contributed by atoms with Gasteiger partial charge in [-0.3, -0.25) is 4.98 Å². The van der Waals surface area contributed by atoms with E-state index in [1.807, 2.05) is 6.07 Å². The van der Waals surface area contributed by atoms with E-state index in [4.69, 9.17) is 5.73 Å². The third-order valence-electron chi connectivity index (χ3n) is 3.38. The minimum absolute atomic E-state index is 0.303. The molecule has 2 heterocycles. The van der Waals surface area contributed by atoms with Gasteiger partial charge in [0, 0.05) is 18.8 Å². The summed E-state index contributed by atoms with van der Waals surface area (Å²) in [6.07, 6.45) is 3.54. The highest BCUT2D eigenvalue weighted by Crippen LogP contribution is 2.22. The Morgan fingerprint density at radius 3 is 2.78 bits per heavy atom. The highest BCUT2D eigenvalue weighted by Gasteiger charge is 2.15. The van der Waals surface area contributed by atoms with Crippen LogP contribution < -0.4 is 5.73 Å². The van der Waals surface area contributed by atoms with E-state index in [1.165, 1.54) is 0 Å². The molecule has 0 aromatic carbocycles. The highest BCUT2D eigenvalue weighted by atomic mass is 15.2. The molecule has 1 unspecified atom stereocenters. The fraction of sp³-hybridized carbons (Fsp3) is 0.538. The molecule has 0 aliphatic carbocycles. The Bertz CT molecular complexity index is 515. The molecule has 0 radical (unpaired) electrons. The Morgan fingerprint density at radius 2 is 2.11 bits per heavy atom. The number of nitrogen functional groups attached to an aromatic ring is 1. The molecule has 2 N–H and O–H groups in total. The van der Waals surface area contributed by atoms with Gasteiger partial charge in [0.1, 0.15) is 5.52 Å². The Hall–Kier alpha value is -1.62. The zero-order chi connectivity index (χ0) is 13.1. The molecule has 5 nitrogen and oxygen atoms in total. The van der Waals surface area contributed by atoms with Crippen LogP contribution in [0.5, 0.6) is 0 Å². The van der Waals surface area contributed by atoms with E-state index in [9.17, 15) is 0 Å². The molecular formula is C13H21N5. The summed E-state index contributed by atoms with van der Waals surface area (Å²) in [7, 11) is 0. The van der Waals surface area contributed by atoms with Crippen molar-refractivity contribution in [3.63, 3.8) is 0 Å². The summed E-state index contributed by atoms with van der Waals surface area (Å²) >= 11 is 0. The lowest BCUT2D eigenvalue weighted by Gasteiger charge is -2.24. The van der Waals surface area contributed by atoms with Crippen LogP contribution in [0.25, 0.3) is 11.0 Å². The molecule has 0 saturated carbocycles. The molecular weight excluding hydrogens is 226 g/mol. The maximum absolute atomic E-state index is 6.02. The monoisotopic (exact) mass is 247 g/mol. The van der Waals surface area contributed by atoms with E-state index >= 15 is 0 Å². The number of imidazole rings is 1. The molecule has 0 bridgehead atoms. The van der Waals surface area contributed by atoms with Crippen molar-refractivity contribution in [2.24, 2.45) is 0 Å². The molecule has 5 heteroatoms. The normalized spacial score (nSPS) is 13.3. The van der Waals surface area contributed by atoms with Gasteiger partial charge in [0.2, 0.25) is 5.95 Å². The van der Waals surface area contributed by atoms with Crippen LogP contribution in [0.3, 0.4) is 0 Å². The second-order valence-electron chi connectivity index (χ2n) is 4.54. The summed E-state index contributed by atoms with van der Waals surface area (Å²) in [6, 6.07) is 2.27. The van der Waals surface area contributed by atoms with Crippen molar-refractivity contribution < 1.29 is 0 Å². The van der Waals surface area contributed by atoms with Crippen LogP contribution >= 0.6 is 0 Å². The number of fused-ring (bicyclic) bond motifs is 1. The van der Waals surface area contributed by atoms with Gasteiger partial charge in [-0.15, -0.1) is 0 Å². The SMILES string of the molecule is CCN(CC)CC(C)n1c(N)nc2cnccc21. The van der Waals surface area contributed by atoms with Crippen molar-refractivity contribution in [1.82, 2.24) is 19.4 Å². The van der Waals surface area contributed by atoms with Gasteiger partial charge in [0.25, 0.3) is 0 Å². The standard InChI is InChI=1S/C13H21N5/c1-4-17(5-2)9-10(3)18-12-6-7-15-8-11(12)16-13(18)14/h6-8,10H,4-5,9H2,1-3H3,(H2,14,16). The lowest BCUT2D eigenvalue weighted by atomic mass is 10.2. The van der Waals surface area contributed by atoms with Crippen LogP contribution in [0.2, 0.25) is 0 Å². The third-order valence-corrected chi connectivity index (χ3v) is 3.38. The number of aromatic nitrogens is 3. The summed E-state index contributed by atoms with van der Waals surface area (Å²) in [6.45, 7) is 9.61. The molecule has 0 aliphatic heterocycles. The molecule has 98 valence electrons. The number of nitrogens with two attached hydrogens (primary N) is 1. The fourth-order valence-electron chi connectivity index (χ4n) is 2.37. The smallest absolute Gasteiger partial charge is 0.201 e. The van der Waals surface area contributed by atoms with Gasteiger partial charge in [-0.05, 0) is 26.1 Å². The largest absolute Gasteiger partial charge is 0.369 e. The van der Waals surface area contributed by atoms with Crippen LogP contribution in [-0.2, 0) is 0 Å². The first-order chi connectivity index (χ1) is 8.67. The lowest BCUT2D eigenvalue weighted by Crippen LogP contribution is -2.29. The molecule has 0 aliphatic rings. The van der Waals surface area contributed by atoms with Crippen molar-refractivity contribution in [3.05, 3.63) is 18.5 Å². The zero-order valence-corrected chi connectivity index (χ0v) is 11.3. The van der Waals surface area contributed by atoms with Crippen LogP contribution in [0.1, 0.15) is 26.8 Å². The second-order valence-corrected chi connectivity index (χ2v) is 4.54. The fourth-order valence-corrected chi connectivity index (χ4v) is 2.37.